The van der Waals surface area contributed by atoms with Crippen LogP contribution in [-0.2, 0) is 0 Å². The van der Waals surface area contributed by atoms with E-state index in [0.717, 1.165) is 0 Å². The van der Waals surface area contributed by atoms with E-state index in [2.05, 4.69) is 20.1 Å². The number of thiocarbonyl (C=S) groups is 1. The average molecular weight is 348 g/mol. The zero-order chi connectivity index (χ0) is 11.7. The fraction of sp³-hybridized carbons (Fsp3) is 0. The van der Waals surface area contributed by atoms with Gasteiger partial charge in [-0.05, 0) is 22.6 Å². The minimum atomic E-state index is -0.238. The Balaban J connectivity index is 2.55. The highest BCUT2D eigenvalue weighted by atomic mass is 127. The quantitative estimate of drug-likeness (QED) is 0.565. The Labute approximate surface area is 108 Å². The van der Waals surface area contributed by atoms with Crippen molar-refractivity contribution in [3.05, 3.63) is 32.4 Å². The lowest BCUT2D eigenvalue weighted by Crippen LogP contribution is -2.16. The summed E-state index contributed by atoms with van der Waals surface area (Å²) in [7, 11) is 0. The van der Waals surface area contributed by atoms with Crippen molar-refractivity contribution in [1.82, 2.24) is 24.7 Å². The first-order chi connectivity index (χ1) is 7.59. The molecule has 0 saturated heterocycles. The van der Waals surface area contributed by atoms with Crippen molar-refractivity contribution < 1.29 is 0 Å². The van der Waals surface area contributed by atoms with Gasteiger partial charge in [-0.3, -0.25) is 4.79 Å². The summed E-state index contributed by atoms with van der Waals surface area (Å²) in [5.41, 5.74) is 5.14. The molecule has 0 spiro atoms. The molecule has 2 aromatic heterocycles. The predicted molar refractivity (Wildman–Crippen MR) is 68.4 cm³/mol. The zero-order valence-corrected chi connectivity index (χ0v) is 10.7. The minimum absolute atomic E-state index is 0.0959. The van der Waals surface area contributed by atoms with E-state index in [0.29, 0.717) is 9.39 Å². The van der Waals surface area contributed by atoms with Crippen LogP contribution in [0.25, 0.3) is 5.82 Å². The van der Waals surface area contributed by atoms with Crippen molar-refractivity contribution in [1.29, 1.82) is 0 Å². The maximum atomic E-state index is 11.3. The second-order valence-electron chi connectivity index (χ2n) is 2.75. The molecular weight excluding hydrogens is 343 g/mol. The SMILES string of the molecule is NC(=S)c1ncn(-c2nc[nH]c(=O)c2I)n1. The normalized spacial score (nSPS) is 10.3. The van der Waals surface area contributed by atoms with E-state index in [9.17, 15) is 4.79 Å². The molecule has 3 N–H and O–H groups in total. The maximum absolute atomic E-state index is 11.3. The lowest BCUT2D eigenvalue weighted by molar-refractivity contribution is 0.823. The van der Waals surface area contributed by atoms with E-state index in [1.165, 1.54) is 17.3 Å². The van der Waals surface area contributed by atoms with Gasteiger partial charge in [0, 0.05) is 0 Å². The number of hydrogen-bond acceptors (Lipinski definition) is 5. The predicted octanol–water partition coefficient (Wildman–Crippen LogP) is -0.411. The first-order valence-corrected chi connectivity index (χ1v) is 5.53. The number of rotatable bonds is 2. The molecule has 7 nitrogen and oxygen atoms in total. The van der Waals surface area contributed by atoms with Crippen LogP contribution < -0.4 is 11.3 Å². The molecule has 2 rings (SSSR count). The van der Waals surface area contributed by atoms with Crippen LogP contribution in [0.4, 0.5) is 0 Å². The van der Waals surface area contributed by atoms with Crippen molar-refractivity contribution in [2.45, 2.75) is 0 Å². The first-order valence-electron chi connectivity index (χ1n) is 4.04. The average Bonchev–Trinajstić information content (AvgIpc) is 2.71. The third-order valence-electron chi connectivity index (χ3n) is 1.71. The van der Waals surface area contributed by atoms with E-state index in [4.69, 9.17) is 18.0 Å². The van der Waals surface area contributed by atoms with Crippen LogP contribution in [-0.4, -0.2) is 29.7 Å². The van der Waals surface area contributed by atoms with Crippen LogP contribution >= 0.6 is 34.8 Å². The smallest absolute Gasteiger partial charge is 0.266 e. The molecular formula is C7H5IN6OS. The summed E-state index contributed by atoms with van der Waals surface area (Å²) in [4.78, 5) is 21.8. The molecule has 0 bridgehead atoms. The molecule has 0 aliphatic rings. The number of aromatic nitrogens is 5. The molecule has 0 unspecified atom stereocenters. The van der Waals surface area contributed by atoms with Gasteiger partial charge in [0.05, 0.1) is 6.33 Å². The Kier molecular flexibility index (Phi) is 2.96. The van der Waals surface area contributed by atoms with Crippen LogP contribution in [0.3, 0.4) is 0 Å². The second-order valence-corrected chi connectivity index (χ2v) is 4.26. The fourth-order valence-electron chi connectivity index (χ4n) is 1.01. The highest BCUT2D eigenvalue weighted by Gasteiger charge is 2.10. The maximum Gasteiger partial charge on any atom is 0.266 e. The molecule has 0 fully saturated rings. The topological polar surface area (TPSA) is 102 Å². The van der Waals surface area contributed by atoms with Crippen LogP contribution in [0.5, 0.6) is 0 Å². The molecule has 0 radical (unpaired) electrons. The van der Waals surface area contributed by atoms with Gasteiger partial charge in [-0.1, -0.05) is 12.2 Å². The molecule has 0 amide bonds. The summed E-state index contributed by atoms with van der Waals surface area (Å²) in [6.45, 7) is 0. The summed E-state index contributed by atoms with van der Waals surface area (Å²) < 4.78 is 1.77. The Morgan fingerprint density at radius 1 is 1.56 bits per heavy atom. The highest BCUT2D eigenvalue weighted by molar-refractivity contribution is 14.1. The van der Waals surface area contributed by atoms with Crippen molar-refractivity contribution in [2.24, 2.45) is 5.73 Å². The molecule has 0 saturated carbocycles. The third-order valence-corrected chi connectivity index (χ3v) is 2.86. The Morgan fingerprint density at radius 3 is 2.94 bits per heavy atom. The number of hydrogen-bond donors (Lipinski definition) is 2. The van der Waals surface area contributed by atoms with E-state index in [-0.39, 0.29) is 16.4 Å². The van der Waals surface area contributed by atoms with Gasteiger partial charge in [0.1, 0.15) is 14.9 Å². The number of aromatic amines is 1. The van der Waals surface area contributed by atoms with E-state index < -0.39 is 0 Å². The summed E-state index contributed by atoms with van der Waals surface area (Å²) in [6.07, 6.45) is 2.69. The van der Waals surface area contributed by atoms with Gasteiger partial charge < -0.3 is 10.7 Å². The summed E-state index contributed by atoms with van der Waals surface area (Å²) in [5, 5.41) is 4.00. The first kappa shape index (κ1) is 11.1. The number of nitrogens with two attached hydrogens (primary N) is 1. The summed E-state index contributed by atoms with van der Waals surface area (Å²) in [6, 6.07) is 0. The third kappa shape index (κ3) is 1.95. The zero-order valence-electron chi connectivity index (χ0n) is 7.72. The Morgan fingerprint density at radius 2 is 2.31 bits per heavy atom. The van der Waals surface area contributed by atoms with Crippen molar-refractivity contribution in [3.8, 4) is 5.82 Å². The van der Waals surface area contributed by atoms with Crippen LogP contribution in [0.15, 0.2) is 17.4 Å². The monoisotopic (exact) mass is 348 g/mol. The second kappa shape index (κ2) is 4.25. The lowest BCUT2D eigenvalue weighted by atomic mass is 10.6. The minimum Gasteiger partial charge on any atom is -0.387 e. The number of nitrogens with zero attached hydrogens (tertiary/aromatic N) is 4. The molecule has 0 aliphatic carbocycles. The Hall–Kier alpha value is -1.36. The van der Waals surface area contributed by atoms with Crippen molar-refractivity contribution >= 4 is 39.8 Å². The molecule has 2 aromatic rings. The molecule has 0 atom stereocenters. The molecule has 82 valence electrons. The van der Waals surface area contributed by atoms with E-state index in [1.807, 2.05) is 22.6 Å². The van der Waals surface area contributed by atoms with Crippen molar-refractivity contribution in [3.63, 3.8) is 0 Å². The van der Waals surface area contributed by atoms with Gasteiger partial charge >= 0.3 is 0 Å². The number of H-pyrrole nitrogens is 1. The fourth-order valence-corrected chi connectivity index (χ4v) is 1.65. The molecule has 9 heteroatoms. The molecule has 16 heavy (non-hydrogen) atoms. The van der Waals surface area contributed by atoms with Gasteiger partial charge in [-0.15, -0.1) is 5.10 Å². The van der Waals surface area contributed by atoms with E-state index >= 15 is 0 Å². The summed E-state index contributed by atoms with van der Waals surface area (Å²) >= 11 is 6.61. The Bertz CT molecular complexity index is 605. The lowest BCUT2D eigenvalue weighted by Gasteiger charge is -1.99. The van der Waals surface area contributed by atoms with Gasteiger partial charge in [-0.25, -0.2) is 14.6 Å². The van der Waals surface area contributed by atoms with Gasteiger partial charge in [0.15, 0.2) is 5.82 Å². The highest BCUT2D eigenvalue weighted by Crippen LogP contribution is 2.07. The van der Waals surface area contributed by atoms with Gasteiger partial charge in [0.25, 0.3) is 5.56 Å². The van der Waals surface area contributed by atoms with E-state index in [1.54, 1.807) is 0 Å². The largest absolute Gasteiger partial charge is 0.387 e. The molecule has 0 aliphatic heterocycles. The van der Waals surface area contributed by atoms with Crippen molar-refractivity contribution in [2.75, 3.05) is 0 Å². The van der Waals surface area contributed by atoms with Gasteiger partial charge in [-0.2, -0.15) is 0 Å². The van der Waals surface area contributed by atoms with Gasteiger partial charge in [0.2, 0.25) is 5.82 Å². The number of nitrogens with one attached hydrogen (secondary N) is 1. The summed E-state index contributed by atoms with van der Waals surface area (Å²) in [5.74, 6) is 0.632. The number of halogens is 1. The molecule has 0 aromatic carbocycles. The van der Waals surface area contributed by atoms with Crippen LogP contribution in [0, 0.1) is 3.57 Å². The standard InChI is InChI=1S/C7H5IN6OS/c8-3-6(10-1-11-7(3)15)14-2-12-5(13-14)4(9)16/h1-2H,(H2,9,16)(H,10,11,15). The van der Waals surface area contributed by atoms with Crippen LogP contribution in [0.2, 0.25) is 0 Å². The molecule has 2 heterocycles. The van der Waals surface area contributed by atoms with Crippen LogP contribution in [0.1, 0.15) is 5.82 Å².